The molecular formula is C15H24IN3. The van der Waals surface area contributed by atoms with Crippen LogP contribution in [0.25, 0.3) is 0 Å². The van der Waals surface area contributed by atoms with Crippen molar-refractivity contribution in [2.45, 2.75) is 44.4 Å². The Balaban J connectivity index is 0.00000180. The number of aryl methyl sites for hydroxylation is 1. The number of aliphatic imine (C=N–C) groups is 1. The van der Waals surface area contributed by atoms with E-state index in [-0.39, 0.29) is 35.4 Å². The van der Waals surface area contributed by atoms with Crippen LogP contribution in [0.5, 0.6) is 0 Å². The summed E-state index contributed by atoms with van der Waals surface area (Å²) in [4.78, 5) is 4.30. The summed E-state index contributed by atoms with van der Waals surface area (Å²) in [6.45, 7) is 2.86. The van der Waals surface area contributed by atoms with Gasteiger partial charge in [-0.2, -0.15) is 0 Å². The molecule has 4 N–H and O–H groups in total. The average Bonchev–Trinajstić information content (AvgIpc) is 2.37. The summed E-state index contributed by atoms with van der Waals surface area (Å²) in [6, 6.07) is 8.78. The SMILES string of the molecule is Cc1cccc(C2(CN=C(N)N)CCCCC2)c1.I. The maximum absolute atomic E-state index is 5.50. The number of nitrogens with zero attached hydrogens (tertiary/aromatic N) is 1. The molecule has 1 aliphatic carbocycles. The summed E-state index contributed by atoms with van der Waals surface area (Å²) in [5.74, 6) is 0.201. The molecule has 106 valence electrons. The van der Waals surface area contributed by atoms with Crippen molar-refractivity contribution in [3.63, 3.8) is 0 Å². The van der Waals surface area contributed by atoms with Crippen LogP contribution in [0.1, 0.15) is 43.2 Å². The molecule has 1 saturated carbocycles. The van der Waals surface area contributed by atoms with E-state index in [1.54, 1.807) is 0 Å². The van der Waals surface area contributed by atoms with Gasteiger partial charge in [0.15, 0.2) is 5.96 Å². The van der Waals surface area contributed by atoms with Crippen LogP contribution >= 0.6 is 24.0 Å². The lowest BCUT2D eigenvalue weighted by Crippen LogP contribution is -2.34. The van der Waals surface area contributed by atoms with E-state index in [1.807, 2.05) is 0 Å². The molecule has 1 fully saturated rings. The van der Waals surface area contributed by atoms with Crippen LogP contribution in [-0.4, -0.2) is 12.5 Å². The fourth-order valence-corrected chi connectivity index (χ4v) is 2.98. The summed E-state index contributed by atoms with van der Waals surface area (Å²) < 4.78 is 0. The monoisotopic (exact) mass is 373 g/mol. The van der Waals surface area contributed by atoms with Gasteiger partial charge in [-0.25, -0.2) is 0 Å². The van der Waals surface area contributed by atoms with E-state index in [4.69, 9.17) is 11.5 Å². The summed E-state index contributed by atoms with van der Waals surface area (Å²) in [5, 5.41) is 0. The minimum Gasteiger partial charge on any atom is -0.370 e. The van der Waals surface area contributed by atoms with Crippen molar-refractivity contribution in [2.75, 3.05) is 6.54 Å². The van der Waals surface area contributed by atoms with Crippen molar-refractivity contribution in [3.05, 3.63) is 35.4 Å². The van der Waals surface area contributed by atoms with Gasteiger partial charge in [-0.15, -0.1) is 24.0 Å². The van der Waals surface area contributed by atoms with Crippen molar-refractivity contribution in [1.29, 1.82) is 0 Å². The molecule has 2 rings (SSSR count). The fraction of sp³-hybridized carbons (Fsp3) is 0.533. The van der Waals surface area contributed by atoms with Crippen LogP contribution in [0.2, 0.25) is 0 Å². The fourth-order valence-electron chi connectivity index (χ4n) is 2.98. The van der Waals surface area contributed by atoms with Crippen molar-refractivity contribution in [2.24, 2.45) is 16.5 Å². The van der Waals surface area contributed by atoms with E-state index in [2.05, 4.69) is 36.2 Å². The standard InChI is InChI=1S/C15H23N3.HI/c1-12-6-5-7-13(10-12)15(11-18-14(16)17)8-3-2-4-9-15;/h5-7,10H,2-4,8-9,11H2,1H3,(H4,16,17,18);1H. The summed E-state index contributed by atoms with van der Waals surface area (Å²) in [7, 11) is 0. The van der Waals surface area contributed by atoms with Crippen molar-refractivity contribution >= 4 is 29.9 Å². The molecule has 1 aliphatic rings. The molecule has 0 aliphatic heterocycles. The minimum absolute atomic E-state index is 0. The summed E-state index contributed by atoms with van der Waals surface area (Å²) in [5.41, 5.74) is 13.9. The Morgan fingerprint density at radius 1 is 1.21 bits per heavy atom. The van der Waals surface area contributed by atoms with Crippen molar-refractivity contribution in [3.8, 4) is 0 Å². The van der Waals surface area contributed by atoms with Gasteiger partial charge in [0.2, 0.25) is 0 Å². The van der Waals surface area contributed by atoms with Crippen molar-refractivity contribution < 1.29 is 0 Å². The maximum Gasteiger partial charge on any atom is 0.185 e. The highest BCUT2D eigenvalue weighted by molar-refractivity contribution is 14.0. The van der Waals surface area contributed by atoms with Gasteiger partial charge < -0.3 is 11.5 Å². The number of halogens is 1. The zero-order valence-corrected chi connectivity index (χ0v) is 13.9. The zero-order valence-electron chi connectivity index (χ0n) is 11.6. The highest BCUT2D eigenvalue weighted by atomic mass is 127. The van der Waals surface area contributed by atoms with E-state index in [9.17, 15) is 0 Å². The van der Waals surface area contributed by atoms with Crippen LogP contribution in [0.15, 0.2) is 29.3 Å². The zero-order chi connectivity index (χ0) is 13.0. The molecule has 0 saturated heterocycles. The first kappa shape index (κ1) is 16.3. The van der Waals surface area contributed by atoms with Crippen molar-refractivity contribution in [1.82, 2.24) is 0 Å². The van der Waals surface area contributed by atoms with Crippen LogP contribution in [-0.2, 0) is 5.41 Å². The Hall–Kier alpha value is -0.780. The van der Waals surface area contributed by atoms with Crippen LogP contribution in [0, 0.1) is 6.92 Å². The largest absolute Gasteiger partial charge is 0.370 e. The average molecular weight is 373 g/mol. The van der Waals surface area contributed by atoms with Gasteiger partial charge in [0.25, 0.3) is 0 Å². The minimum atomic E-state index is 0. The first-order chi connectivity index (χ1) is 8.62. The second-order valence-corrected chi connectivity index (χ2v) is 5.45. The smallest absolute Gasteiger partial charge is 0.185 e. The molecule has 4 heteroatoms. The second-order valence-electron chi connectivity index (χ2n) is 5.45. The Morgan fingerprint density at radius 3 is 2.47 bits per heavy atom. The van der Waals surface area contributed by atoms with E-state index in [0.717, 1.165) is 6.54 Å². The lowest BCUT2D eigenvalue weighted by atomic mass is 9.69. The van der Waals surface area contributed by atoms with Crippen LogP contribution in [0.3, 0.4) is 0 Å². The van der Waals surface area contributed by atoms with E-state index in [1.165, 1.54) is 43.2 Å². The molecule has 0 bridgehead atoms. The second kappa shape index (κ2) is 7.12. The Morgan fingerprint density at radius 2 is 1.89 bits per heavy atom. The first-order valence-electron chi connectivity index (χ1n) is 6.75. The van der Waals surface area contributed by atoms with Gasteiger partial charge in [0.1, 0.15) is 0 Å². The molecule has 0 unspecified atom stereocenters. The topological polar surface area (TPSA) is 64.4 Å². The molecular weight excluding hydrogens is 349 g/mol. The molecule has 0 atom stereocenters. The van der Waals surface area contributed by atoms with Gasteiger partial charge in [0.05, 0.1) is 6.54 Å². The molecule has 19 heavy (non-hydrogen) atoms. The highest BCUT2D eigenvalue weighted by Gasteiger charge is 2.33. The quantitative estimate of drug-likeness (QED) is 0.486. The molecule has 0 radical (unpaired) electrons. The summed E-state index contributed by atoms with van der Waals surface area (Å²) >= 11 is 0. The number of guanidine groups is 1. The Labute approximate surface area is 132 Å². The number of hydrogen-bond acceptors (Lipinski definition) is 1. The van der Waals surface area contributed by atoms with Crippen LogP contribution in [0.4, 0.5) is 0 Å². The van der Waals surface area contributed by atoms with Gasteiger partial charge >= 0.3 is 0 Å². The molecule has 1 aromatic carbocycles. The molecule has 1 aromatic rings. The predicted octanol–water partition coefficient (Wildman–Crippen LogP) is 3.09. The lowest BCUT2D eigenvalue weighted by molar-refractivity contribution is 0.301. The number of nitrogens with two attached hydrogens (primary N) is 2. The van der Waals surface area contributed by atoms with E-state index < -0.39 is 0 Å². The van der Waals surface area contributed by atoms with Gasteiger partial charge in [0, 0.05) is 5.41 Å². The Bertz CT molecular complexity index is 433. The van der Waals surface area contributed by atoms with Gasteiger partial charge in [-0.1, -0.05) is 49.1 Å². The lowest BCUT2D eigenvalue weighted by Gasteiger charge is -2.37. The molecule has 0 aromatic heterocycles. The third kappa shape index (κ3) is 4.09. The summed E-state index contributed by atoms with van der Waals surface area (Å²) in [6.07, 6.45) is 6.25. The highest BCUT2D eigenvalue weighted by Crippen LogP contribution is 2.40. The maximum atomic E-state index is 5.50. The predicted molar refractivity (Wildman–Crippen MR) is 92.0 cm³/mol. The molecule has 3 nitrogen and oxygen atoms in total. The normalized spacial score (nSPS) is 17.3. The van der Waals surface area contributed by atoms with E-state index >= 15 is 0 Å². The molecule has 0 amide bonds. The van der Waals surface area contributed by atoms with Crippen LogP contribution < -0.4 is 11.5 Å². The third-order valence-electron chi connectivity index (χ3n) is 4.01. The number of benzene rings is 1. The molecule has 0 spiro atoms. The van der Waals surface area contributed by atoms with Gasteiger partial charge in [-0.05, 0) is 25.3 Å². The third-order valence-corrected chi connectivity index (χ3v) is 4.01. The Kier molecular flexibility index (Phi) is 6.10. The first-order valence-corrected chi connectivity index (χ1v) is 6.75. The molecule has 0 heterocycles. The van der Waals surface area contributed by atoms with E-state index in [0.29, 0.717) is 0 Å². The number of rotatable bonds is 3. The van der Waals surface area contributed by atoms with Gasteiger partial charge in [-0.3, -0.25) is 4.99 Å². The number of hydrogen-bond donors (Lipinski definition) is 2.